The van der Waals surface area contributed by atoms with Gasteiger partial charge in [0.2, 0.25) is 0 Å². The van der Waals surface area contributed by atoms with Gasteiger partial charge < -0.3 is 15.8 Å². The van der Waals surface area contributed by atoms with Crippen molar-refractivity contribution in [2.45, 2.75) is 0 Å². The summed E-state index contributed by atoms with van der Waals surface area (Å²) in [6, 6.07) is 6.63. The molecule has 0 radical (unpaired) electrons. The summed E-state index contributed by atoms with van der Waals surface area (Å²) in [5, 5.41) is 3.68. The Labute approximate surface area is 162 Å². The number of nitrogens with one attached hydrogen (secondary N) is 3. The molecule has 1 fully saturated rings. The number of anilines is 3. The molecule has 1 aromatic carbocycles. The van der Waals surface area contributed by atoms with Crippen LogP contribution >= 0.6 is 11.6 Å². The van der Waals surface area contributed by atoms with Crippen molar-refractivity contribution in [3.63, 3.8) is 0 Å². The highest BCUT2D eigenvalue weighted by molar-refractivity contribution is 6.30. The van der Waals surface area contributed by atoms with Gasteiger partial charge in [-0.15, -0.1) is 0 Å². The van der Waals surface area contributed by atoms with Crippen molar-refractivity contribution in [2.75, 3.05) is 55.9 Å². The highest BCUT2D eigenvalue weighted by atomic mass is 35.5. The quantitative estimate of drug-likeness (QED) is 0.520. The minimum atomic E-state index is -0.350. The molecule has 0 unspecified atom stereocenters. The number of carbonyl (C=O) groups is 1. The lowest BCUT2D eigenvalue weighted by molar-refractivity contribution is 0.0398. The number of halogens is 1. The van der Waals surface area contributed by atoms with Crippen molar-refractivity contribution in [1.29, 1.82) is 0 Å². The maximum atomic E-state index is 12.2. The van der Waals surface area contributed by atoms with Crippen LogP contribution in [-0.4, -0.2) is 60.2 Å². The molecule has 5 N–H and O–H groups in total. The first-order valence-electron chi connectivity index (χ1n) is 8.60. The number of hydrogen-bond acceptors (Lipinski definition) is 8. The summed E-state index contributed by atoms with van der Waals surface area (Å²) in [4.78, 5) is 22.7. The summed E-state index contributed by atoms with van der Waals surface area (Å²) < 4.78 is 5.33. The fourth-order valence-electron chi connectivity index (χ4n) is 2.61. The van der Waals surface area contributed by atoms with E-state index in [1.165, 1.54) is 6.33 Å². The molecule has 2 heterocycles. The molecule has 2 aromatic rings. The van der Waals surface area contributed by atoms with E-state index in [9.17, 15) is 4.79 Å². The van der Waals surface area contributed by atoms with Crippen LogP contribution < -0.4 is 21.9 Å². The van der Waals surface area contributed by atoms with Crippen molar-refractivity contribution in [1.82, 2.24) is 20.3 Å². The molecule has 3 rings (SSSR count). The molecule has 1 amide bonds. The molecule has 1 saturated heterocycles. The third-order valence-electron chi connectivity index (χ3n) is 4.09. The predicted molar refractivity (Wildman–Crippen MR) is 105 cm³/mol. The summed E-state index contributed by atoms with van der Waals surface area (Å²) in [6.07, 6.45) is 1.38. The van der Waals surface area contributed by atoms with Crippen LogP contribution in [0.1, 0.15) is 10.4 Å². The number of aromatic nitrogens is 2. The number of morpholine rings is 1. The summed E-state index contributed by atoms with van der Waals surface area (Å²) in [6.45, 7) is 4.91. The minimum absolute atomic E-state index is 0.314. The first kappa shape index (κ1) is 19.2. The van der Waals surface area contributed by atoms with Gasteiger partial charge in [-0.1, -0.05) is 17.7 Å². The zero-order valence-corrected chi connectivity index (χ0v) is 15.5. The van der Waals surface area contributed by atoms with E-state index in [1.807, 2.05) is 0 Å². The SMILES string of the molecule is Nc1c(NCCN2CCOCC2)ncnc1NNC(=O)c1cccc(Cl)c1. The zero-order valence-electron chi connectivity index (χ0n) is 14.7. The first-order valence-corrected chi connectivity index (χ1v) is 8.97. The summed E-state index contributed by atoms with van der Waals surface area (Å²) in [7, 11) is 0. The van der Waals surface area contributed by atoms with Gasteiger partial charge >= 0.3 is 0 Å². The number of nitrogens with two attached hydrogens (primary N) is 1. The Kier molecular flexibility index (Phi) is 6.64. The van der Waals surface area contributed by atoms with Gasteiger partial charge in [-0.25, -0.2) is 9.97 Å². The molecular weight excluding hydrogens is 370 g/mol. The average molecular weight is 392 g/mol. The molecule has 144 valence electrons. The monoisotopic (exact) mass is 391 g/mol. The zero-order chi connectivity index (χ0) is 19.1. The molecule has 0 spiro atoms. The highest BCUT2D eigenvalue weighted by Crippen LogP contribution is 2.21. The third kappa shape index (κ3) is 5.43. The number of hydrazine groups is 1. The van der Waals surface area contributed by atoms with Gasteiger partial charge in [0.25, 0.3) is 5.91 Å². The van der Waals surface area contributed by atoms with Crippen molar-refractivity contribution in [2.24, 2.45) is 0 Å². The van der Waals surface area contributed by atoms with Crippen LogP contribution in [0.5, 0.6) is 0 Å². The third-order valence-corrected chi connectivity index (χ3v) is 4.32. The van der Waals surface area contributed by atoms with E-state index in [2.05, 4.69) is 31.0 Å². The van der Waals surface area contributed by atoms with Crippen LogP contribution in [0.15, 0.2) is 30.6 Å². The number of hydrogen-bond donors (Lipinski definition) is 4. The standard InChI is InChI=1S/C17H22ClN7O2/c18-13-3-1-2-12(10-13)17(26)24-23-16-14(19)15(21-11-22-16)20-4-5-25-6-8-27-9-7-25/h1-3,10-11H,4-9,19H2,(H,24,26)(H2,20,21,22,23). The largest absolute Gasteiger partial charge is 0.393 e. The molecule has 0 aliphatic carbocycles. The topological polar surface area (TPSA) is 117 Å². The van der Waals surface area contributed by atoms with Crippen molar-refractivity contribution >= 4 is 34.8 Å². The van der Waals surface area contributed by atoms with Crippen LogP contribution in [0.3, 0.4) is 0 Å². The number of carbonyl (C=O) groups excluding carboxylic acids is 1. The number of rotatable bonds is 7. The van der Waals surface area contributed by atoms with Crippen LogP contribution in [0.25, 0.3) is 0 Å². The van der Waals surface area contributed by atoms with Crippen LogP contribution in [-0.2, 0) is 4.74 Å². The normalized spacial score (nSPS) is 14.6. The predicted octanol–water partition coefficient (Wildman–Crippen LogP) is 1.21. The van der Waals surface area contributed by atoms with Gasteiger partial charge in [-0.2, -0.15) is 0 Å². The number of amides is 1. The maximum Gasteiger partial charge on any atom is 0.269 e. The van der Waals surface area contributed by atoms with E-state index in [-0.39, 0.29) is 5.91 Å². The maximum absolute atomic E-state index is 12.2. The van der Waals surface area contributed by atoms with Crippen molar-refractivity contribution in [3.05, 3.63) is 41.2 Å². The molecule has 0 bridgehead atoms. The average Bonchev–Trinajstić information content (AvgIpc) is 2.69. The van der Waals surface area contributed by atoms with Crippen molar-refractivity contribution < 1.29 is 9.53 Å². The van der Waals surface area contributed by atoms with E-state index in [4.69, 9.17) is 22.1 Å². The Morgan fingerprint density at radius 2 is 2.04 bits per heavy atom. The van der Waals surface area contributed by atoms with E-state index >= 15 is 0 Å². The fraction of sp³-hybridized carbons (Fsp3) is 0.353. The van der Waals surface area contributed by atoms with Gasteiger partial charge in [0.1, 0.15) is 12.0 Å². The molecule has 27 heavy (non-hydrogen) atoms. The smallest absolute Gasteiger partial charge is 0.269 e. The Morgan fingerprint density at radius 1 is 1.26 bits per heavy atom. The van der Waals surface area contributed by atoms with Gasteiger partial charge in [0.05, 0.1) is 13.2 Å². The van der Waals surface area contributed by atoms with Gasteiger partial charge in [0.15, 0.2) is 11.6 Å². The molecule has 1 aromatic heterocycles. The lowest BCUT2D eigenvalue weighted by atomic mass is 10.2. The minimum Gasteiger partial charge on any atom is -0.393 e. The van der Waals surface area contributed by atoms with Gasteiger partial charge in [-0.3, -0.25) is 20.5 Å². The second-order valence-electron chi connectivity index (χ2n) is 5.95. The molecule has 0 saturated carbocycles. The Morgan fingerprint density at radius 3 is 2.81 bits per heavy atom. The molecule has 1 aliphatic rings. The van der Waals surface area contributed by atoms with E-state index < -0.39 is 0 Å². The second-order valence-corrected chi connectivity index (χ2v) is 6.39. The van der Waals surface area contributed by atoms with Gasteiger partial charge in [0, 0.05) is 36.8 Å². The Bertz CT molecular complexity index is 784. The fourth-order valence-corrected chi connectivity index (χ4v) is 2.80. The Hall–Kier alpha value is -2.62. The van der Waals surface area contributed by atoms with Gasteiger partial charge in [-0.05, 0) is 18.2 Å². The molecule has 9 nitrogen and oxygen atoms in total. The molecule has 1 aliphatic heterocycles. The van der Waals surface area contributed by atoms with Crippen LogP contribution in [0.2, 0.25) is 5.02 Å². The molecular formula is C17H22ClN7O2. The number of benzene rings is 1. The van der Waals surface area contributed by atoms with Crippen LogP contribution in [0, 0.1) is 0 Å². The first-order chi connectivity index (χ1) is 13.1. The molecule has 10 heteroatoms. The summed E-state index contributed by atoms with van der Waals surface area (Å²) >= 11 is 5.90. The lowest BCUT2D eigenvalue weighted by Gasteiger charge is -2.26. The second kappa shape index (κ2) is 9.36. The summed E-state index contributed by atoms with van der Waals surface area (Å²) in [5.41, 5.74) is 12.1. The van der Waals surface area contributed by atoms with E-state index in [0.717, 1.165) is 32.8 Å². The lowest BCUT2D eigenvalue weighted by Crippen LogP contribution is -2.39. The number of ether oxygens (including phenoxy) is 1. The number of nitrogen functional groups attached to an aromatic ring is 1. The summed E-state index contributed by atoms with van der Waals surface area (Å²) in [5.74, 6) is 0.476. The van der Waals surface area contributed by atoms with Crippen LogP contribution in [0.4, 0.5) is 17.3 Å². The highest BCUT2D eigenvalue weighted by Gasteiger charge is 2.12. The van der Waals surface area contributed by atoms with E-state index in [0.29, 0.717) is 34.5 Å². The number of nitrogens with zero attached hydrogens (tertiary/aromatic N) is 3. The van der Waals surface area contributed by atoms with E-state index in [1.54, 1.807) is 24.3 Å². The molecule has 0 atom stereocenters. The Balaban J connectivity index is 1.53. The van der Waals surface area contributed by atoms with Crippen molar-refractivity contribution in [3.8, 4) is 0 Å².